The Morgan fingerprint density at radius 3 is 2.34 bits per heavy atom. The predicted octanol–water partition coefficient (Wildman–Crippen LogP) is 4.39. The molecule has 0 fully saturated rings. The van der Waals surface area contributed by atoms with Crippen molar-refractivity contribution in [3.63, 3.8) is 0 Å². The molecule has 29 heavy (non-hydrogen) atoms. The first kappa shape index (κ1) is 19.5. The molecule has 1 aliphatic heterocycles. The number of carbonyl (C=O) groups is 2. The van der Waals surface area contributed by atoms with Crippen LogP contribution in [0.15, 0.2) is 54.6 Å². The van der Waals surface area contributed by atoms with Gasteiger partial charge in [-0.2, -0.15) is 0 Å². The maximum absolute atomic E-state index is 12.6. The van der Waals surface area contributed by atoms with E-state index < -0.39 is 0 Å². The third-order valence-electron chi connectivity index (χ3n) is 5.16. The molecule has 1 N–H and O–H groups in total. The zero-order valence-electron chi connectivity index (χ0n) is 16.5. The Labute approximate surface area is 174 Å². The van der Waals surface area contributed by atoms with Crippen molar-refractivity contribution in [2.75, 3.05) is 11.9 Å². The monoisotopic (exact) mass is 405 g/mol. The molecule has 0 spiro atoms. The minimum Gasteiger partial charge on any atom is -0.298 e. The smallest absolute Gasteiger partial charge is 0.257 e. The van der Waals surface area contributed by atoms with Gasteiger partial charge in [-0.3, -0.25) is 19.8 Å². The number of nitrogens with one attached hydrogen (secondary N) is 1. The molecule has 3 aromatic rings. The molecule has 1 aliphatic rings. The van der Waals surface area contributed by atoms with Crippen LogP contribution in [-0.2, 0) is 13.0 Å². The van der Waals surface area contributed by atoms with Gasteiger partial charge in [0.2, 0.25) is 0 Å². The number of rotatable bonds is 5. The van der Waals surface area contributed by atoms with Gasteiger partial charge < -0.3 is 0 Å². The van der Waals surface area contributed by atoms with Crippen molar-refractivity contribution in [3.8, 4) is 0 Å². The topological polar surface area (TPSA) is 62.3 Å². The average molecular weight is 406 g/mol. The van der Waals surface area contributed by atoms with Crippen LogP contribution >= 0.6 is 11.3 Å². The highest BCUT2D eigenvalue weighted by atomic mass is 32.1. The largest absolute Gasteiger partial charge is 0.298 e. The Balaban J connectivity index is 1.44. The van der Waals surface area contributed by atoms with Crippen molar-refractivity contribution < 1.29 is 9.59 Å². The first-order chi connectivity index (χ1) is 14.0. The van der Waals surface area contributed by atoms with Gasteiger partial charge in [-0.15, -0.1) is 11.3 Å². The second-order valence-corrected chi connectivity index (χ2v) is 8.51. The summed E-state index contributed by atoms with van der Waals surface area (Å²) < 4.78 is 0. The predicted molar refractivity (Wildman–Crippen MR) is 116 cm³/mol. The second kappa shape index (κ2) is 8.27. The van der Waals surface area contributed by atoms with Gasteiger partial charge in [0, 0.05) is 47.1 Å². The first-order valence-corrected chi connectivity index (χ1v) is 10.6. The summed E-state index contributed by atoms with van der Waals surface area (Å²) in [5.41, 5.74) is 2.79. The second-order valence-electron chi connectivity index (χ2n) is 7.43. The molecule has 0 unspecified atom stereocenters. The van der Waals surface area contributed by atoms with Gasteiger partial charge in [0.15, 0.2) is 10.9 Å². The number of nitrogens with zero attached hydrogens (tertiary/aromatic N) is 2. The summed E-state index contributed by atoms with van der Waals surface area (Å²) >= 11 is 1.55. The molecule has 2 aromatic carbocycles. The third kappa shape index (κ3) is 4.28. The summed E-state index contributed by atoms with van der Waals surface area (Å²) in [6, 6.07) is 16.4. The normalized spacial score (nSPS) is 13.9. The number of ketones is 1. The van der Waals surface area contributed by atoms with Gasteiger partial charge in [0.05, 0.1) is 5.69 Å². The number of hydrogen-bond acceptors (Lipinski definition) is 5. The van der Waals surface area contributed by atoms with Crippen molar-refractivity contribution in [2.24, 2.45) is 0 Å². The number of amides is 1. The number of hydrogen-bond donors (Lipinski definition) is 1. The van der Waals surface area contributed by atoms with E-state index in [4.69, 9.17) is 0 Å². The van der Waals surface area contributed by atoms with E-state index in [9.17, 15) is 9.59 Å². The van der Waals surface area contributed by atoms with Gasteiger partial charge in [-0.1, -0.05) is 42.5 Å². The maximum Gasteiger partial charge on any atom is 0.257 e. The van der Waals surface area contributed by atoms with E-state index in [2.05, 4.69) is 29.0 Å². The van der Waals surface area contributed by atoms with Gasteiger partial charge >= 0.3 is 0 Å². The maximum atomic E-state index is 12.6. The molecular formula is C23H23N3O2S. The fourth-order valence-corrected chi connectivity index (χ4v) is 4.44. The molecule has 5 nitrogen and oxygen atoms in total. The summed E-state index contributed by atoms with van der Waals surface area (Å²) in [5, 5.41) is 3.54. The van der Waals surface area contributed by atoms with Gasteiger partial charge in [0.1, 0.15) is 0 Å². The number of benzene rings is 2. The lowest BCUT2D eigenvalue weighted by Gasteiger charge is -2.29. The van der Waals surface area contributed by atoms with E-state index in [1.807, 2.05) is 18.2 Å². The van der Waals surface area contributed by atoms with Crippen molar-refractivity contribution in [1.29, 1.82) is 0 Å². The Hall–Kier alpha value is -2.83. The first-order valence-electron chi connectivity index (χ1n) is 9.75. The number of anilines is 1. The van der Waals surface area contributed by atoms with Crippen molar-refractivity contribution in [2.45, 2.75) is 32.9 Å². The lowest BCUT2D eigenvalue weighted by molar-refractivity contribution is 0.102. The molecule has 0 atom stereocenters. The van der Waals surface area contributed by atoms with Crippen LogP contribution in [0.5, 0.6) is 0 Å². The van der Waals surface area contributed by atoms with Crippen LogP contribution in [0.1, 0.15) is 50.7 Å². The minimum absolute atomic E-state index is 0.0557. The third-order valence-corrected chi connectivity index (χ3v) is 6.15. The number of thiazole rings is 1. The van der Waals surface area contributed by atoms with Gasteiger partial charge in [0.25, 0.3) is 5.91 Å². The summed E-state index contributed by atoms with van der Waals surface area (Å²) in [7, 11) is 0. The van der Waals surface area contributed by atoms with E-state index in [0.29, 0.717) is 27.9 Å². The van der Waals surface area contributed by atoms with Gasteiger partial charge in [-0.05, 0) is 26.0 Å². The van der Waals surface area contributed by atoms with Crippen LogP contribution in [0, 0.1) is 0 Å². The van der Waals surface area contributed by atoms with Crippen LogP contribution in [-0.4, -0.2) is 34.2 Å². The fraction of sp³-hybridized carbons (Fsp3) is 0.261. The quantitative estimate of drug-likeness (QED) is 0.640. The summed E-state index contributed by atoms with van der Waals surface area (Å²) in [6.45, 7) is 6.28. The van der Waals surface area contributed by atoms with Crippen LogP contribution in [0.25, 0.3) is 0 Å². The minimum atomic E-state index is -0.212. The summed E-state index contributed by atoms with van der Waals surface area (Å²) in [6.07, 6.45) is 0.913. The van der Waals surface area contributed by atoms with Crippen LogP contribution in [0.3, 0.4) is 0 Å². The molecule has 4 rings (SSSR count). The van der Waals surface area contributed by atoms with Crippen molar-refractivity contribution >= 4 is 28.2 Å². The molecule has 0 bridgehead atoms. The number of carbonyl (C=O) groups excluding carboxylic acids is 2. The van der Waals surface area contributed by atoms with Gasteiger partial charge in [-0.25, -0.2) is 4.98 Å². The molecule has 0 aliphatic carbocycles. The lowest BCUT2D eigenvalue weighted by Crippen LogP contribution is -2.35. The lowest BCUT2D eigenvalue weighted by atomic mass is 10.0. The van der Waals surface area contributed by atoms with Crippen molar-refractivity contribution in [3.05, 3.63) is 81.9 Å². The standard InChI is InChI=1S/C23H23N3O2S/c1-15(2)26-13-12-19-20(14-26)29-23(24-19)25-22(28)18-10-8-17(9-11-18)21(27)16-6-4-3-5-7-16/h3-11,15H,12-14H2,1-2H3,(H,24,25,28). The molecule has 1 aromatic heterocycles. The van der Waals surface area contributed by atoms with Crippen LogP contribution in [0.4, 0.5) is 5.13 Å². The van der Waals surface area contributed by atoms with Crippen LogP contribution in [0.2, 0.25) is 0 Å². The number of aromatic nitrogens is 1. The summed E-state index contributed by atoms with van der Waals surface area (Å²) in [4.78, 5) is 33.3. The van der Waals surface area contributed by atoms with E-state index in [-0.39, 0.29) is 11.7 Å². The molecule has 1 amide bonds. The zero-order valence-corrected chi connectivity index (χ0v) is 17.3. The average Bonchev–Trinajstić information content (AvgIpc) is 3.15. The molecular weight excluding hydrogens is 382 g/mol. The molecule has 6 heteroatoms. The molecule has 0 radical (unpaired) electrons. The van der Waals surface area contributed by atoms with E-state index in [1.54, 1.807) is 47.7 Å². The Morgan fingerprint density at radius 2 is 1.66 bits per heavy atom. The SMILES string of the molecule is CC(C)N1CCc2nc(NC(=O)c3ccc(C(=O)c4ccccc4)cc3)sc2C1. The Bertz CT molecular complexity index is 1030. The van der Waals surface area contributed by atoms with E-state index in [0.717, 1.165) is 25.2 Å². The number of fused-ring (bicyclic) bond motifs is 1. The highest BCUT2D eigenvalue weighted by Crippen LogP contribution is 2.29. The Kier molecular flexibility index (Phi) is 5.56. The van der Waals surface area contributed by atoms with Crippen LogP contribution < -0.4 is 5.32 Å². The van der Waals surface area contributed by atoms with Crippen molar-refractivity contribution in [1.82, 2.24) is 9.88 Å². The fourth-order valence-electron chi connectivity index (χ4n) is 3.41. The molecule has 2 heterocycles. The molecule has 0 saturated heterocycles. The summed E-state index contributed by atoms with van der Waals surface area (Å²) in [5.74, 6) is -0.268. The Morgan fingerprint density at radius 1 is 1.00 bits per heavy atom. The van der Waals surface area contributed by atoms with E-state index >= 15 is 0 Å². The highest BCUT2D eigenvalue weighted by molar-refractivity contribution is 7.15. The molecule has 0 saturated carbocycles. The zero-order chi connectivity index (χ0) is 20.4. The molecule has 148 valence electrons. The van der Waals surface area contributed by atoms with E-state index in [1.165, 1.54) is 4.88 Å². The highest BCUT2D eigenvalue weighted by Gasteiger charge is 2.23.